The van der Waals surface area contributed by atoms with Gasteiger partial charge in [-0.15, -0.1) is 11.3 Å². The van der Waals surface area contributed by atoms with Crippen molar-refractivity contribution in [2.24, 2.45) is 18.0 Å². The summed E-state index contributed by atoms with van der Waals surface area (Å²) in [4.78, 5) is 8.62. The van der Waals surface area contributed by atoms with E-state index in [9.17, 15) is 5.11 Å². The normalized spacial score (nSPS) is 20.4. The molecule has 1 aliphatic heterocycles. The number of nitrogens with zero attached hydrogens (tertiary/aromatic N) is 4. The standard InChI is InChI=1S/C21H34N6OS/c1-4-22-20(24-16-21(2,28)18-12-25-26(3)14-18)23-11-17-7-5-9-27(13-17)15-19-8-6-10-29-19/h6,8,10,12,14,17,28H,4-5,7,9,11,13,15-16H2,1-3H3,(H2,22,23,24). The summed E-state index contributed by atoms with van der Waals surface area (Å²) in [5.74, 6) is 1.36. The lowest BCUT2D eigenvalue weighted by Gasteiger charge is -2.32. The maximum Gasteiger partial charge on any atom is 0.191 e. The van der Waals surface area contributed by atoms with E-state index in [1.807, 2.05) is 24.6 Å². The molecule has 3 rings (SSSR count). The first-order valence-electron chi connectivity index (χ1n) is 10.4. The number of thiophene rings is 1. The second-order valence-corrected chi connectivity index (χ2v) is 9.11. The Balaban J connectivity index is 1.52. The molecule has 2 aromatic heterocycles. The van der Waals surface area contributed by atoms with E-state index >= 15 is 0 Å². The Hall–Kier alpha value is -1.90. The molecule has 0 amide bonds. The molecule has 0 aromatic carbocycles. The summed E-state index contributed by atoms with van der Waals surface area (Å²) in [7, 11) is 1.85. The lowest BCUT2D eigenvalue weighted by Crippen LogP contribution is -2.44. The highest BCUT2D eigenvalue weighted by Crippen LogP contribution is 2.21. The zero-order valence-corrected chi connectivity index (χ0v) is 18.6. The molecule has 0 aliphatic carbocycles. The maximum absolute atomic E-state index is 10.8. The van der Waals surface area contributed by atoms with Crippen LogP contribution in [-0.4, -0.2) is 58.5 Å². The number of likely N-dealkylation sites (tertiary alicyclic amines) is 1. The number of nitrogens with one attached hydrogen (secondary N) is 2. The van der Waals surface area contributed by atoms with Crippen LogP contribution in [0.3, 0.4) is 0 Å². The van der Waals surface area contributed by atoms with Crippen molar-refractivity contribution in [2.75, 3.05) is 32.7 Å². The lowest BCUT2D eigenvalue weighted by atomic mass is 9.98. The summed E-state index contributed by atoms with van der Waals surface area (Å²) in [6.45, 7) is 9.13. The van der Waals surface area contributed by atoms with Gasteiger partial charge in [0.1, 0.15) is 5.60 Å². The van der Waals surface area contributed by atoms with Crippen LogP contribution in [0.4, 0.5) is 0 Å². The van der Waals surface area contributed by atoms with Crippen LogP contribution in [0, 0.1) is 5.92 Å². The number of piperidine rings is 1. The molecule has 7 nitrogen and oxygen atoms in total. The third-order valence-corrected chi connectivity index (χ3v) is 6.20. The van der Waals surface area contributed by atoms with Gasteiger partial charge in [-0.2, -0.15) is 5.10 Å². The van der Waals surface area contributed by atoms with Gasteiger partial charge in [0.25, 0.3) is 0 Å². The van der Waals surface area contributed by atoms with Gasteiger partial charge in [0.2, 0.25) is 0 Å². The molecule has 3 N–H and O–H groups in total. The van der Waals surface area contributed by atoms with Crippen LogP contribution in [0.25, 0.3) is 0 Å². The lowest BCUT2D eigenvalue weighted by molar-refractivity contribution is 0.0671. The van der Waals surface area contributed by atoms with Crippen molar-refractivity contribution in [3.63, 3.8) is 0 Å². The molecule has 160 valence electrons. The van der Waals surface area contributed by atoms with Crippen LogP contribution in [0.15, 0.2) is 34.9 Å². The fraction of sp³-hybridized carbons (Fsp3) is 0.619. The quantitative estimate of drug-likeness (QED) is 0.452. The Bertz CT molecular complexity index is 770. The number of aryl methyl sites for hydroxylation is 1. The van der Waals surface area contributed by atoms with E-state index in [1.54, 1.807) is 17.8 Å². The molecule has 8 heteroatoms. The molecule has 0 radical (unpaired) electrons. The van der Waals surface area contributed by atoms with Gasteiger partial charge in [0.05, 0.1) is 12.7 Å². The van der Waals surface area contributed by atoms with Crippen molar-refractivity contribution in [1.29, 1.82) is 0 Å². The van der Waals surface area contributed by atoms with Crippen LogP contribution in [0.5, 0.6) is 0 Å². The monoisotopic (exact) mass is 418 g/mol. The van der Waals surface area contributed by atoms with Crippen LogP contribution in [0.1, 0.15) is 37.1 Å². The number of aromatic nitrogens is 2. The van der Waals surface area contributed by atoms with Crippen molar-refractivity contribution in [3.8, 4) is 0 Å². The maximum atomic E-state index is 10.8. The number of rotatable bonds is 8. The van der Waals surface area contributed by atoms with E-state index in [4.69, 9.17) is 0 Å². The molecule has 1 fully saturated rings. The minimum Gasteiger partial charge on any atom is -0.383 e. The van der Waals surface area contributed by atoms with E-state index in [2.05, 4.69) is 50.1 Å². The largest absolute Gasteiger partial charge is 0.383 e. The van der Waals surface area contributed by atoms with Crippen molar-refractivity contribution in [2.45, 2.75) is 38.8 Å². The molecule has 3 heterocycles. The van der Waals surface area contributed by atoms with Gasteiger partial charge >= 0.3 is 0 Å². The van der Waals surface area contributed by atoms with Gasteiger partial charge in [-0.05, 0) is 50.6 Å². The van der Waals surface area contributed by atoms with Gasteiger partial charge in [-0.3, -0.25) is 9.58 Å². The first-order chi connectivity index (χ1) is 14.0. The fourth-order valence-corrected chi connectivity index (χ4v) is 4.44. The van der Waals surface area contributed by atoms with Gasteiger partial charge in [-0.25, -0.2) is 4.99 Å². The zero-order chi connectivity index (χ0) is 20.7. The SMILES string of the molecule is CCNC(=NCC(C)(O)c1cnn(C)c1)NCC1CCCN(Cc2cccs2)C1. The Morgan fingerprint density at radius 1 is 1.45 bits per heavy atom. The van der Waals surface area contributed by atoms with E-state index in [1.165, 1.54) is 24.3 Å². The van der Waals surface area contributed by atoms with E-state index in [0.29, 0.717) is 5.92 Å². The summed E-state index contributed by atoms with van der Waals surface area (Å²) < 4.78 is 1.70. The first kappa shape index (κ1) is 21.8. The summed E-state index contributed by atoms with van der Waals surface area (Å²) in [6, 6.07) is 4.35. The Morgan fingerprint density at radius 2 is 2.31 bits per heavy atom. The molecule has 2 unspecified atom stereocenters. The number of aliphatic hydroxyl groups is 1. The highest BCUT2D eigenvalue weighted by atomic mass is 32.1. The summed E-state index contributed by atoms with van der Waals surface area (Å²) in [5.41, 5.74) is -0.269. The van der Waals surface area contributed by atoms with E-state index < -0.39 is 5.60 Å². The second kappa shape index (κ2) is 10.2. The molecule has 2 atom stereocenters. The minimum absolute atomic E-state index is 0.281. The van der Waals surface area contributed by atoms with Crippen molar-refractivity contribution < 1.29 is 5.11 Å². The Labute approximate surface area is 177 Å². The highest BCUT2D eigenvalue weighted by molar-refractivity contribution is 7.09. The van der Waals surface area contributed by atoms with Crippen LogP contribution in [-0.2, 0) is 19.2 Å². The first-order valence-corrected chi connectivity index (χ1v) is 11.3. The van der Waals surface area contributed by atoms with Crippen molar-refractivity contribution in [1.82, 2.24) is 25.3 Å². The third-order valence-electron chi connectivity index (χ3n) is 5.34. The molecule has 2 aromatic rings. The number of hydrogen-bond donors (Lipinski definition) is 3. The van der Waals surface area contributed by atoms with E-state index in [0.717, 1.165) is 37.7 Å². The molecule has 1 saturated heterocycles. The summed E-state index contributed by atoms with van der Waals surface area (Å²) in [5, 5.41) is 23.8. The fourth-order valence-electron chi connectivity index (χ4n) is 3.69. The molecule has 0 bridgehead atoms. The van der Waals surface area contributed by atoms with Gasteiger partial charge in [-0.1, -0.05) is 6.07 Å². The second-order valence-electron chi connectivity index (χ2n) is 8.08. The predicted molar refractivity (Wildman–Crippen MR) is 119 cm³/mol. The number of aliphatic imine (C=N–C) groups is 1. The predicted octanol–water partition coefficient (Wildman–Crippen LogP) is 2.16. The van der Waals surface area contributed by atoms with Crippen LogP contribution in [0.2, 0.25) is 0 Å². The number of hydrogen-bond acceptors (Lipinski definition) is 5. The molecular formula is C21H34N6OS. The Morgan fingerprint density at radius 3 is 3.00 bits per heavy atom. The van der Waals surface area contributed by atoms with Crippen molar-refractivity contribution >= 4 is 17.3 Å². The Kier molecular flexibility index (Phi) is 7.69. The average Bonchev–Trinajstić information content (AvgIpc) is 3.36. The highest BCUT2D eigenvalue weighted by Gasteiger charge is 2.25. The third kappa shape index (κ3) is 6.55. The van der Waals surface area contributed by atoms with Crippen LogP contribution < -0.4 is 10.6 Å². The topological polar surface area (TPSA) is 77.7 Å². The minimum atomic E-state index is -1.04. The summed E-state index contributed by atoms with van der Waals surface area (Å²) >= 11 is 1.84. The van der Waals surface area contributed by atoms with Gasteiger partial charge < -0.3 is 15.7 Å². The molecule has 0 saturated carbocycles. The summed E-state index contributed by atoms with van der Waals surface area (Å²) in [6.07, 6.45) is 6.00. The molecule has 1 aliphatic rings. The van der Waals surface area contributed by atoms with Crippen molar-refractivity contribution in [3.05, 3.63) is 40.3 Å². The molecular weight excluding hydrogens is 384 g/mol. The smallest absolute Gasteiger partial charge is 0.191 e. The zero-order valence-electron chi connectivity index (χ0n) is 17.8. The number of guanidine groups is 1. The average molecular weight is 419 g/mol. The molecule has 0 spiro atoms. The van der Waals surface area contributed by atoms with Gasteiger partial charge in [0, 0.05) is 49.9 Å². The van der Waals surface area contributed by atoms with E-state index in [-0.39, 0.29) is 6.54 Å². The van der Waals surface area contributed by atoms with Crippen LogP contribution >= 0.6 is 11.3 Å². The molecule has 29 heavy (non-hydrogen) atoms. The van der Waals surface area contributed by atoms with Gasteiger partial charge in [0.15, 0.2) is 5.96 Å².